The molecule has 2 aromatic heterocycles. The van der Waals surface area contributed by atoms with E-state index in [-0.39, 0.29) is 11.9 Å². The number of benzene rings is 2. The monoisotopic (exact) mass is 436 g/mol. The van der Waals surface area contributed by atoms with Crippen LogP contribution >= 0.6 is 0 Å². The number of H-pyrrole nitrogens is 1. The van der Waals surface area contributed by atoms with Gasteiger partial charge in [0.2, 0.25) is 0 Å². The number of aromatic nitrogens is 4. The van der Waals surface area contributed by atoms with E-state index in [0.29, 0.717) is 23.7 Å². The molecule has 2 aliphatic rings. The van der Waals surface area contributed by atoms with E-state index in [1.807, 2.05) is 53.3 Å². The molecule has 1 saturated carbocycles. The van der Waals surface area contributed by atoms with Gasteiger partial charge < -0.3 is 4.90 Å². The van der Waals surface area contributed by atoms with Crippen LogP contribution < -0.4 is 0 Å². The fourth-order valence-electron chi connectivity index (χ4n) is 5.10. The lowest BCUT2D eigenvalue weighted by Gasteiger charge is -2.34. The Morgan fingerprint density at radius 3 is 2.85 bits per heavy atom. The highest BCUT2D eigenvalue weighted by Crippen LogP contribution is 2.35. The van der Waals surface area contributed by atoms with Gasteiger partial charge in [0, 0.05) is 23.2 Å². The SMILES string of the molecule is N#Cc1ccccc1Cn1ncc2c(C(=O)N(C3CC3)C3CCc4[nH]ncc4C3)cccc21. The summed E-state index contributed by atoms with van der Waals surface area (Å²) in [5.41, 5.74) is 5.60. The quantitative estimate of drug-likeness (QED) is 0.515. The van der Waals surface area contributed by atoms with Gasteiger partial charge in [-0.1, -0.05) is 24.3 Å². The van der Waals surface area contributed by atoms with Crippen LogP contribution in [0.5, 0.6) is 0 Å². The number of carbonyl (C=O) groups is 1. The van der Waals surface area contributed by atoms with Crippen molar-refractivity contribution in [2.24, 2.45) is 0 Å². The number of nitrogens with one attached hydrogen (secondary N) is 1. The predicted octanol–water partition coefficient (Wildman–Crippen LogP) is 3.84. The van der Waals surface area contributed by atoms with Crippen molar-refractivity contribution in [1.29, 1.82) is 5.26 Å². The average Bonchev–Trinajstić information content (AvgIpc) is 3.41. The Labute approximate surface area is 191 Å². The molecule has 1 atom stereocenters. The second-order valence-corrected chi connectivity index (χ2v) is 9.02. The zero-order valence-corrected chi connectivity index (χ0v) is 18.2. The molecule has 33 heavy (non-hydrogen) atoms. The van der Waals surface area contributed by atoms with Crippen molar-refractivity contribution < 1.29 is 4.79 Å². The molecule has 0 aliphatic heterocycles. The van der Waals surface area contributed by atoms with E-state index in [2.05, 4.69) is 26.3 Å². The number of aromatic amines is 1. The van der Waals surface area contributed by atoms with Gasteiger partial charge in [-0.3, -0.25) is 14.6 Å². The minimum absolute atomic E-state index is 0.0945. The summed E-state index contributed by atoms with van der Waals surface area (Å²) in [6.45, 7) is 0.489. The van der Waals surface area contributed by atoms with Crippen molar-refractivity contribution in [3.8, 4) is 6.07 Å². The molecule has 7 heteroatoms. The molecule has 1 N–H and O–H groups in total. The van der Waals surface area contributed by atoms with Crippen molar-refractivity contribution in [2.45, 2.75) is 50.7 Å². The van der Waals surface area contributed by atoms with E-state index in [1.165, 1.54) is 11.3 Å². The van der Waals surface area contributed by atoms with Crippen LogP contribution in [0.25, 0.3) is 10.9 Å². The third-order valence-electron chi connectivity index (χ3n) is 6.93. The molecule has 164 valence electrons. The van der Waals surface area contributed by atoms with Gasteiger partial charge in [-0.2, -0.15) is 15.5 Å². The summed E-state index contributed by atoms with van der Waals surface area (Å²) in [5, 5.41) is 22.2. The molecule has 2 heterocycles. The van der Waals surface area contributed by atoms with Crippen molar-refractivity contribution in [2.75, 3.05) is 0 Å². The van der Waals surface area contributed by atoms with Gasteiger partial charge in [0.05, 0.1) is 41.7 Å². The summed E-state index contributed by atoms with van der Waals surface area (Å²) < 4.78 is 1.88. The molecular weight excluding hydrogens is 412 g/mol. The van der Waals surface area contributed by atoms with Crippen LogP contribution in [0.4, 0.5) is 0 Å². The van der Waals surface area contributed by atoms with Crippen molar-refractivity contribution >= 4 is 16.8 Å². The molecule has 0 spiro atoms. The standard InChI is InChI=1S/C26H24N6O/c27-13-17-4-1-2-5-18(17)16-31-25-7-3-6-22(23(25)15-29-31)26(33)32(20-8-9-20)21-10-11-24-19(12-21)14-28-30-24/h1-7,14-15,20-21H,8-12,16H2,(H,28,30). The first-order valence-corrected chi connectivity index (χ1v) is 11.5. The Balaban J connectivity index is 1.33. The number of nitrogens with zero attached hydrogens (tertiary/aromatic N) is 5. The number of hydrogen-bond acceptors (Lipinski definition) is 4. The lowest BCUT2D eigenvalue weighted by molar-refractivity contribution is 0.0645. The first-order chi connectivity index (χ1) is 16.2. The van der Waals surface area contributed by atoms with Gasteiger partial charge in [-0.05, 0) is 61.4 Å². The predicted molar refractivity (Wildman–Crippen MR) is 124 cm³/mol. The van der Waals surface area contributed by atoms with Crippen molar-refractivity contribution in [3.05, 3.63) is 82.8 Å². The second-order valence-electron chi connectivity index (χ2n) is 9.02. The van der Waals surface area contributed by atoms with E-state index in [1.54, 1.807) is 6.20 Å². The summed E-state index contributed by atoms with van der Waals surface area (Å²) in [7, 11) is 0. The highest BCUT2D eigenvalue weighted by Gasteiger charge is 2.39. The smallest absolute Gasteiger partial charge is 0.255 e. The van der Waals surface area contributed by atoms with Gasteiger partial charge in [0.15, 0.2) is 0 Å². The molecule has 0 radical (unpaired) electrons. The van der Waals surface area contributed by atoms with Crippen LogP contribution in [0.15, 0.2) is 54.9 Å². The zero-order chi connectivity index (χ0) is 22.4. The normalized spacial score (nSPS) is 17.5. The Morgan fingerprint density at radius 2 is 2.00 bits per heavy atom. The first kappa shape index (κ1) is 19.7. The summed E-state index contributed by atoms with van der Waals surface area (Å²) in [6.07, 6.45) is 8.57. The average molecular weight is 437 g/mol. The van der Waals surface area contributed by atoms with Crippen LogP contribution in [0, 0.1) is 11.3 Å². The maximum absolute atomic E-state index is 13.9. The molecule has 0 saturated heterocycles. The second kappa shape index (κ2) is 7.89. The summed E-state index contributed by atoms with van der Waals surface area (Å²) in [4.78, 5) is 16.0. The number of hydrogen-bond donors (Lipinski definition) is 1. The fourth-order valence-corrected chi connectivity index (χ4v) is 5.10. The zero-order valence-electron chi connectivity index (χ0n) is 18.2. The number of fused-ring (bicyclic) bond motifs is 2. The molecule has 6 rings (SSSR count). The first-order valence-electron chi connectivity index (χ1n) is 11.5. The fraction of sp³-hybridized carbons (Fsp3) is 0.308. The molecule has 1 amide bonds. The van der Waals surface area contributed by atoms with Crippen LogP contribution in [0.3, 0.4) is 0 Å². The van der Waals surface area contributed by atoms with Crippen molar-refractivity contribution in [1.82, 2.24) is 24.9 Å². The highest BCUT2D eigenvalue weighted by molar-refractivity contribution is 6.06. The molecule has 2 aromatic carbocycles. The Hall–Kier alpha value is -3.92. The number of nitriles is 1. The third kappa shape index (κ3) is 3.48. The van der Waals surface area contributed by atoms with Crippen LogP contribution in [-0.4, -0.2) is 42.9 Å². The molecular formula is C26H24N6O. The van der Waals surface area contributed by atoms with Gasteiger partial charge in [0.1, 0.15) is 0 Å². The summed E-state index contributed by atoms with van der Waals surface area (Å²) in [5.74, 6) is 0.0945. The molecule has 1 fully saturated rings. The van der Waals surface area contributed by atoms with Gasteiger partial charge in [0.25, 0.3) is 5.91 Å². The summed E-state index contributed by atoms with van der Waals surface area (Å²) >= 11 is 0. The van der Waals surface area contributed by atoms with Crippen molar-refractivity contribution in [3.63, 3.8) is 0 Å². The highest BCUT2D eigenvalue weighted by atomic mass is 16.2. The summed E-state index contributed by atoms with van der Waals surface area (Å²) in [6, 6.07) is 16.2. The number of rotatable bonds is 5. The molecule has 7 nitrogen and oxygen atoms in total. The van der Waals surface area contributed by atoms with Crippen LogP contribution in [-0.2, 0) is 19.4 Å². The number of aryl methyl sites for hydroxylation is 1. The van der Waals surface area contributed by atoms with E-state index in [4.69, 9.17) is 0 Å². The minimum atomic E-state index is 0.0945. The number of carbonyl (C=O) groups excluding carboxylic acids is 1. The Bertz CT molecular complexity index is 1390. The van der Waals surface area contributed by atoms with Gasteiger partial charge in [-0.15, -0.1) is 0 Å². The van der Waals surface area contributed by atoms with Crippen LogP contribution in [0.2, 0.25) is 0 Å². The Morgan fingerprint density at radius 1 is 1.12 bits per heavy atom. The van der Waals surface area contributed by atoms with E-state index in [9.17, 15) is 10.1 Å². The van der Waals surface area contributed by atoms with E-state index in [0.717, 1.165) is 48.6 Å². The lowest BCUT2D eigenvalue weighted by Crippen LogP contribution is -2.44. The molecule has 2 aliphatic carbocycles. The molecule has 0 bridgehead atoms. The minimum Gasteiger partial charge on any atom is -0.332 e. The van der Waals surface area contributed by atoms with E-state index >= 15 is 0 Å². The van der Waals surface area contributed by atoms with Gasteiger partial charge in [-0.25, -0.2) is 0 Å². The topological polar surface area (TPSA) is 90.6 Å². The van der Waals surface area contributed by atoms with Crippen LogP contribution in [0.1, 0.15) is 52.0 Å². The largest absolute Gasteiger partial charge is 0.332 e. The molecule has 4 aromatic rings. The van der Waals surface area contributed by atoms with Gasteiger partial charge >= 0.3 is 0 Å². The molecule has 1 unspecified atom stereocenters. The lowest BCUT2D eigenvalue weighted by atomic mass is 9.91. The maximum atomic E-state index is 13.9. The Kier molecular flexibility index (Phi) is 4.72. The van der Waals surface area contributed by atoms with E-state index < -0.39 is 0 Å². The maximum Gasteiger partial charge on any atom is 0.255 e. The number of amides is 1. The third-order valence-corrected chi connectivity index (χ3v) is 6.93.